The van der Waals surface area contributed by atoms with E-state index >= 15 is 0 Å². The van der Waals surface area contributed by atoms with E-state index in [9.17, 15) is 0 Å². The van der Waals surface area contributed by atoms with Crippen LogP contribution in [-0.2, 0) is 5.41 Å². The summed E-state index contributed by atoms with van der Waals surface area (Å²) in [7, 11) is 0. The molecule has 0 spiro atoms. The van der Waals surface area contributed by atoms with Crippen LogP contribution in [0.5, 0.6) is 0 Å². The Morgan fingerprint density at radius 2 is 0.828 bits per heavy atom. The summed E-state index contributed by atoms with van der Waals surface area (Å²) in [6, 6.07) is 66.1. The lowest BCUT2D eigenvalue weighted by Gasteiger charge is -2.21. The fourth-order valence-corrected chi connectivity index (χ4v) is 8.73. The Morgan fingerprint density at radius 1 is 0.345 bits per heavy atom. The molecule has 0 unspecified atom stereocenters. The highest BCUT2D eigenvalue weighted by atomic mass is 16.3. The summed E-state index contributed by atoms with van der Waals surface area (Å²) < 4.78 is 6.52. The van der Waals surface area contributed by atoms with Crippen molar-refractivity contribution in [2.24, 2.45) is 0 Å². The number of fused-ring (bicyclic) bond motifs is 6. The van der Waals surface area contributed by atoms with E-state index in [1.54, 1.807) is 0 Å². The smallest absolute Gasteiger partial charge is 0.164 e. The summed E-state index contributed by atoms with van der Waals surface area (Å²) >= 11 is 0. The second kappa shape index (κ2) is 13.4. The summed E-state index contributed by atoms with van der Waals surface area (Å²) in [4.78, 5) is 15.5. The normalized spacial score (nSPS) is 12.8. The van der Waals surface area contributed by atoms with Crippen molar-refractivity contribution in [2.45, 2.75) is 19.3 Å². The zero-order chi connectivity index (χ0) is 38.8. The Bertz CT molecular complexity index is 3060. The maximum atomic E-state index is 6.52. The van der Waals surface area contributed by atoms with Crippen LogP contribution in [0.25, 0.3) is 101 Å². The number of hydrogen-bond acceptors (Lipinski definition) is 4. The molecule has 4 nitrogen and oxygen atoms in total. The third kappa shape index (κ3) is 5.64. The summed E-state index contributed by atoms with van der Waals surface area (Å²) in [5, 5.41) is 2.00. The van der Waals surface area contributed by atoms with Gasteiger partial charge in [-0.05, 0) is 79.9 Å². The largest absolute Gasteiger partial charge is 0.456 e. The van der Waals surface area contributed by atoms with Crippen LogP contribution in [0, 0.1) is 0 Å². The predicted molar refractivity (Wildman–Crippen MR) is 237 cm³/mol. The highest BCUT2D eigenvalue weighted by Crippen LogP contribution is 2.50. The fraction of sp³-hybridized carbons (Fsp3) is 0.0556. The van der Waals surface area contributed by atoms with Crippen molar-refractivity contribution in [1.29, 1.82) is 0 Å². The molecule has 2 aromatic heterocycles. The van der Waals surface area contributed by atoms with Gasteiger partial charge >= 0.3 is 0 Å². The molecular weight excluding hydrogens is 707 g/mol. The maximum Gasteiger partial charge on any atom is 0.164 e. The van der Waals surface area contributed by atoms with Gasteiger partial charge in [0, 0.05) is 32.9 Å². The first kappa shape index (κ1) is 33.9. The fourth-order valence-electron chi connectivity index (χ4n) is 8.73. The lowest BCUT2D eigenvalue weighted by atomic mass is 9.82. The number of aromatic nitrogens is 3. The van der Waals surface area contributed by atoms with E-state index < -0.39 is 0 Å². The monoisotopic (exact) mass is 743 g/mol. The van der Waals surface area contributed by atoms with Gasteiger partial charge in [0.25, 0.3) is 0 Å². The molecule has 1 aliphatic carbocycles. The molecule has 0 bridgehead atoms. The Kier molecular flexibility index (Phi) is 7.80. The van der Waals surface area contributed by atoms with Gasteiger partial charge in [0.05, 0.1) is 0 Å². The van der Waals surface area contributed by atoms with E-state index in [0.29, 0.717) is 17.5 Å². The number of rotatable bonds is 6. The quantitative estimate of drug-likeness (QED) is 0.170. The molecule has 1 aliphatic rings. The van der Waals surface area contributed by atoms with Gasteiger partial charge in [-0.1, -0.05) is 178 Å². The average molecular weight is 744 g/mol. The Balaban J connectivity index is 1.06. The lowest BCUT2D eigenvalue weighted by molar-refractivity contribution is 0.660. The summed E-state index contributed by atoms with van der Waals surface area (Å²) in [5.74, 6) is 1.81. The van der Waals surface area contributed by atoms with Gasteiger partial charge in [0.15, 0.2) is 17.5 Å². The highest BCUT2D eigenvalue weighted by molar-refractivity contribution is 6.13. The van der Waals surface area contributed by atoms with Gasteiger partial charge in [-0.3, -0.25) is 0 Å². The minimum absolute atomic E-state index is 0.0415. The van der Waals surface area contributed by atoms with Gasteiger partial charge in [0.2, 0.25) is 0 Å². The SMILES string of the molecule is CC1(C)c2ccccc2-c2cc(-c3ccc4oc5cccc(-c6nc(-c7ccc(-c8ccccc8)cc7)nc(-c7ccc(-c8ccccc8)cc7)n6)c5c4c3)ccc21. The van der Waals surface area contributed by atoms with Crippen LogP contribution in [0.1, 0.15) is 25.0 Å². The average Bonchev–Trinajstić information content (AvgIpc) is 3.78. The van der Waals surface area contributed by atoms with Crippen molar-refractivity contribution in [2.75, 3.05) is 0 Å². The first-order chi connectivity index (χ1) is 28.5. The van der Waals surface area contributed by atoms with Crippen LogP contribution in [0.2, 0.25) is 0 Å². The van der Waals surface area contributed by atoms with E-state index in [-0.39, 0.29) is 5.41 Å². The number of benzene rings is 8. The van der Waals surface area contributed by atoms with Gasteiger partial charge < -0.3 is 4.42 Å². The zero-order valence-corrected chi connectivity index (χ0v) is 32.1. The molecule has 11 rings (SSSR count). The number of nitrogens with zero attached hydrogens (tertiary/aromatic N) is 3. The van der Waals surface area contributed by atoms with E-state index in [2.05, 4.69) is 178 Å². The summed E-state index contributed by atoms with van der Waals surface area (Å²) in [6.45, 7) is 4.64. The van der Waals surface area contributed by atoms with Crippen LogP contribution in [0.4, 0.5) is 0 Å². The molecule has 8 aromatic carbocycles. The predicted octanol–water partition coefficient (Wildman–Crippen LogP) is 14.1. The molecule has 0 N–H and O–H groups in total. The van der Waals surface area contributed by atoms with Crippen molar-refractivity contribution in [3.8, 4) is 78.7 Å². The van der Waals surface area contributed by atoms with Gasteiger partial charge in [-0.25, -0.2) is 15.0 Å². The molecule has 0 saturated heterocycles. The van der Waals surface area contributed by atoms with Crippen LogP contribution in [0.15, 0.2) is 192 Å². The first-order valence-corrected chi connectivity index (χ1v) is 19.8. The second-order valence-electron chi connectivity index (χ2n) is 15.6. The number of furan rings is 1. The van der Waals surface area contributed by atoms with Crippen LogP contribution in [0.3, 0.4) is 0 Å². The van der Waals surface area contributed by atoms with Crippen molar-refractivity contribution in [1.82, 2.24) is 15.0 Å². The third-order valence-electron chi connectivity index (χ3n) is 11.8. The van der Waals surface area contributed by atoms with E-state index in [0.717, 1.165) is 66.4 Å². The Labute approximate surface area is 337 Å². The van der Waals surface area contributed by atoms with E-state index in [4.69, 9.17) is 19.4 Å². The van der Waals surface area contributed by atoms with Gasteiger partial charge in [-0.15, -0.1) is 0 Å². The van der Waals surface area contributed by atoms with Gasteiger partial charge in [-0.2, -0.15) is 0 Å². The lowest BCUT2D eigenvalue weighted by Crippen LogP contribution is -2.14. The molecule has 0 atom stereocenters. The molecular formula is C54H37N3O. The Morgan fingerprint density at radius 3 is 1.48 bits per heavy atom. The van der Waals surface area contributed by atoms with Crippen LogP contribution >= 0.6 is 0 Å². The van der Waals surface area contributed by atoms with Crippen molar-refractivity contribution in [3.05, 3.63) is 199 Å². The second-order valence-corrected chi connectivity index (χ2v) is 15.6. The van der Waals surface area contributed by atoms with Crippen molar-refractivity contribution >= 4 is 21.9 Å². The standard InChI is InChI=1S/C54H37N3O/c1-54(2)46-18-10-9-16-42(46)44-32-40(28-30-47(44)54)41-29-31-48-45(33-41)50-43(17-11-19-49(50)58-48)53-56-51(38-24-20-36(21-25-38)34-12-5-3-6-13-34)55-52(57-53)39-26-22-37(23-27-39)35-14-7-4-8-15-35/h3-33H,1-2H3. The highest BCUT2D eigenvalue weighted by Gasteiger charge is 2.35. The molecule has 0 fully saturated rings. The topological polar surface area (TPSA) is 51.8 Å². The molecule has 4 heteroatoms. The van der Waals surface area contributed by atoms with E-state index in [1.165, 1.54) is 27.8 Å². The zero-order valence-electron chi connectivity index (χ0n) is 32.1. The molecule has 58 heavy (non-hydrogen) atoms. The molecule has 0 amide bonds. The molecule has 0 radical (unpaired) electrons. The van der Waals surface area contributed by atoms with Crippen LogP contribution in [-0.4, -0.2) is 15.0 Å². The molecule has 10 aromatic rings. The van der Waals surface area contributed by atoms with Crippen molar-refractivity contribution in [3.63, 3.8) is 0 Å². The van der Waals surface area contributed by atoms with E-state index in [1.807, 2.05) is 24.3 Å². The molecule has 2 heterocycles. The van der Waals surface area contributed by atoms with Crippen LogP contribution < -0.4 is 0 Å². The summed E-state index contributed by atoms with van der Waals surface area (Å²) in [6.07, 6.45) is 0. The Hall–Kier alpha value is -7.43. The third-order valence-corrected chi connectivity index (χ3v) is 11.8. The number of hydrogen-bond donors (Lipinski definition) is 0. The van der Waals surface area contributed by atoms with Gasteiger partial charge in [0.1, 0.15) is 11.2 Å². The first-order valence-electron chi connectivity index (χ1n) is 19.8. The summed E-state index contributed by atoms with van der Waals surface area (Å²) in [5.41, 5.74) is 16.5. The maximum absolute atomic E-state index is 6.52. The minimum atomic E-state index is -0.0415. The molecule has 0 aliphatic heterocycles. The molecule has 0 saturated carbocycles. The minimum Gasteiger partial charge on any atom is -0.456 e. The van der Waals surface area contributed by atoms with Crippen molar-refractivity contribution < 1.29 is 4.42 Å². The molecule has 274 valence electrons.